The monoisotopic (exact) mass is 284 g/mol. The van der Waals surface area contributed by atoms with Crippen molar-refractivity contribution >= 4 is 11.7 Å². The van der Waals surface area contributed by atoms with Crippen LogP contribution in [-0.4, -0.2) is 12.1 Å². The van der Waals surface area contributed by atoms with Gasteiger partial charge in [0.05, 0.1) is 17.3 Å². The van der Waals surface area contributed by atoms with Gasteiger partial charge in [0.1, 0.15) is 0 Å². The molecule has 6 heteroatoms. The lowest BCUT2D eigenvalue weighted by molar-refractivity contribution is -0.136. The highest BCUT2D eigenvalue weighted by atomic mass is 19.4. The van der Waals surface area contributed by atoms with Gasteiger partial charge in [-0.3, -0.25) is 0 Å². The Hall–Kier alpha value is -2.16. The number of hydrogen-bond donors (Lipinski definition) is 2. The summed E-state index contributed by atoms with van der Waals surface area (Å²) in [5, 5.41) is 4.62. The maximum absolute atomic E-state index is 12.7. The first kappa shape index (κ1) is 15.9. The standard InChI is InChI=1S/C14H15F3N2O/c1-3-7-10(4-2)18-13(20)19-12-9-6-5-8-11(12)14(15,16)17/h2,5-6,8-10H,3,7H2,1H3,(H2,18,19,20). The van der Waals surface area contributed by atoms with Crippen molar-refractivity contribution in [1.29, 1.82) is 0 Å². The number of terminal acetylenes is 1. The molecule has 0 aliphatic carbocycles. The van der Waals surface area contributed by atoms with E-state index in [-0.39, 0.29) is 5.69 Å². The number of rotatable bonds is 4. The summed E-state index contributed by atoms with van der Waals surface area (Å²) in [6.45, 7) is 1.89. The fourth-order valence-electron chi connectivity index (χ4n) is 1.64. The number of carbonyl (C=O) groups is 1. The number of carbonyl (C=O) groups excluding carboxylic acids is 1. The predicted molar refractivity (Wildman–Crippen MR) is 71.1 cm³/mol. The molecule has 1 atom stereocenters. The zero-order valence-electron chi connectivity index (χ0n) is 10.9. The van der Waals surface area contributed by atoms with E-state index < -0.39 is 23.8 Å². The number of anilines is 1. The van der Waals surface area contributed by atoms with Crippen LogP contribution in [0.25, 0.3) is 0 Å². The summed E-state index contributed by atoms with van der Waals surface area (Å²) in [5.74, 6) is 2.37. The molecule has 2 amide bonds. The van der Waals surface area contributed by atoms with Crippen LogP contribution in [0.4, 0.5) is 23.7 Å². The third kappa shape index (κ3) is 4.50. The van der Waals surface area contributed by atoms with E-state index in [9.17, 15) is 18.0 Å². The summed E-state index contributed by atoms with van der Waals surface area (Å²) in [4.78, 5) is 11.7. The molecule has 0 radical (unpaired) electrons. The van der Waals surface area contributed by atoms with Crippen LogP contribution in [0.3, 0.4) is 0 Å². The quantitative estimate of drug-likeness (QED) is 0.814. The molecular weight excluding hydrogens is 269 g/mol. The minimum Gasteiger partial charge on any atom is -0.324 e. The molecule has 1 aromatic carbocycles. The zero-order valence-corrected chi connectivity index (χ0v) is 10.9. The molecule has 0 fully saturated rings. The van der Waals surface area contributed by atoms with Gasteiger partial charge in [-0.1, -0.05) is 31.4 Å². The number of para-hydroxylation sites is 1. The molecule has 0 heterocycles. The van der Waals surface area contributed by atoms with Gasteiger partial charge in [-0.05, 0) is 18.6 Å². The Morgan fingerprint density at radius 2 is 2.05 bits per heavy atom. The van der Waals surface area contributed by atoms with Crippen molar-refractivity contribution in [2.24, 2.45) is 0 Å². The summed E-state index contributed by atoms with van der Waals surface area (Å²) in [7, 11) is 0. The lowest BCUT2D eigenvalue weighted by Gasteiger charge is -2.16. The van der Waals surface area contributed by atoms with E-state index in [1.165, 1.54) is 18.2 Å². The molecular formula is C14H15F3N2O. The van der Waals surface area contributed by atoms with Gasteiger partial charge in [0, 0.05) is 0 Å². The van der Waals surface area contributed by atoms with Crippen LogP contribution in [0.2, 0.25) is 0 Å². The van der Waals surface area contributed by atoms with Gasteiger partial charge in [0.15, 0.2) is 0 Å². The van der Waals surface area contributed by atoms with E-state index >= 15 is 0 Å². The first-order valence-electron chi connectivity index (χ1n) is 6.08. The molecule has 1 unspecified atom stereocenters. The van der Waals surface area contributed by atoms with E-state index in [0.29, 0.717) is 6.42 Å². The molecule has 0 spiro atoms. The van der Waals surface area contributed by atoms with Crippen LogP contribution in [0, 0.1) is 12.3 Å². The second kappa shape index (κ2) is 6.85. The summed E-state index contributed by atoms with van der Waals surface area (Å²) < 4.78 is 38.2. The Bertz CT molecular complexity index is 506. The summed E-state index contributed by atoms with van der Waals surface area (Å²) >= 11 is 0. The molecule has 0 bridgehead atoms. The Morgan fingerprint density at radius 3 is 2.60 bits per heavy atom. The number of hydrogen-bond acceptors (Lipinski definition) is 1. The second-order valence-electron chi connectivity index (χ2n) is 4.15. The lowest BCUT2D eigenvalue weighted by atomic mass is 10.1. The predicted octanol–water partition coefficient (Wildman–Crippen LogP) is 3.63. The van der Waals surface area contributed by atoms with Crippen molar-refractivity contribution < 1.29 is 18.0 Å². The van der Waals surface area contributed by atoms with Crippen molar-refractivity contribution in [2.75, 3.05) is 5.32 Å². The number of amides is 2. The van der Waals surface area contributed by atoms with Crippen molar-refractivity contribution in [3.8, 4) is 12.3 Å². The van der Waals surface area contributed by atoms with E-state index in [4.69, 9.17) is 6.42 Å². The molecule has 2 N–H and O–H groups in total. The molecule has 1 aromatic rings. The molecule has 0 saturated heterocycles. The van der Waals surface area contributed by atoms with Crippen LogP contribution in [0.5, 0.6) is 0 Å². The molecule has 0 aliphatic heterocycles. The van der Waals surface area contributed by atoms with Crippen molar-refractivity contribution in [1.82, 2.24) is 5.32 Å². The molecule has 0 aliphatic rings. The Morgan fingerprint density at radius 1 is 1.40 bits per heavy atom. The van der Waals surface area contributed by atoms with Crippen LogP contribution in [0.1, 0.15) is 25.3 Å². The van der Waals surface area contributed by atoms with Crippen LogP contribution < -0.4 is 10.6 Å². The van der Waals surface area contributed by atoms with E-state index in [1.54, 1.807) is 0 Å². The minimum atomic E-state index is -4.53. The SMILES string of the molecule is C#CC(CCC)NC(=O)Nc1ccccc1C(F)(F)F. The largest absolute Gasteiger partial charge is 0.418 e. The highest BCUT2D eigenvalue weighted by Crippen LogP contribution is 2.34. The van der Waals surface area contributed by atoms with Crippen LogP contribution >= 0.6 is 0 Å². The van der Waals surface area contributed by atoms with Crippen molar-refractivity contribution in [3.63, 3.8) is 0 Å². The second-order valence-corrected chi connectivity index (χ2v) is 4.15. The normalized spacial score (nSPS) is 12.3. The van der Waals surface area contributed by atoms with E-state index in [1.807, 2.05) is 6.92 Å². The van der Waals surface area contributed by atoms with Gasteiger partial charge in [0.25, 0.3) is 0 Å². The van der Waals surface area contributed by atoms with Crippen molar-refractivity contribution in [2.45, 2.75) is 32.0 Å². The number of urea groups is 1. The topological polar surface area (TPSA) is 41.1 Å². The summed E-state index contributed by atoms with van der Waals surface area (Å²) in [6, 6.07) is 3.51. The molecule has 0 saturated carbocycles. The highest BCUT2D eigenvalue weighted by molar-refractivity contribution is 5.90. The molecule has 3 nitrogen and oxygen atoms in total. The maximum atomic E-state index is 12.7. The third-order valence-corrected chi connectivity index (χ3v) is 2.56. The van der Waals surface area contributed by atoms with Crippen molar-refractivity contribution in [3.05, 3.63) is 29.8 Å². The fraction of sp³-hybridized carbons (Fsp3) is 0.357. The Balaban J connectivity index is 2.79. The molecule has 108 valence electrons. The average molecular weight is 284 g/mol. The highest BCUT2D eigenvalue weighted by Gasteiger charge is 2.33. The van der Waals surface area contributed by atoms with Gasteiger partial charge in [-0.15, -0.1) is 6.42 Å². The molecule has 1 rings (SSSR count). The number of halogens is 3. The first-order valence-corrected chi connectivity index (χ1v) is 6.08. The van der Waals surface area contributed by atoms with E-state index in [0.717, 1.165) is 12.5 Å². The fourth-order valence-corrected chi connectivity index (χ4v) is 1.64. The Labute approximate surface area is 115 Å². The molecule has 20 heavy (non-hydrogen) atoms. The summed E-state index contributed by atoms with van der Waals surface area (Å²) in [6.07, 6.45) is 2.02. The number of alkyl halides is 3. The van der Waals surface area contributed by atoms with E-state index in [2.05, 4.69) is 16.6 Å². The summed E-state index contributed by atoms with van der Waals surface area (Å²) in [5.41, 5.74) is -1.20. The van der Waals surface area contributed by atoms with Gasteiger partial charge in [-0.25, -0.2) is 4.79 Å². The lowest BCUT2D eigenvalue weighted by Crippen LogP contribution is -2.37. The third-order valence-electron chi connectivity index (χ3n) is 2.56. The Kier molecular flexibility index (Phi) is 5.44. The first-order chi connectivity index (χ1) is 9.38. The minimum absolute atomic E-state index is 0.301. The van der Waals surface area contributed by atoms with Gasteiger partial charge >= 0.3 is 12.2 Å². The molecule has 0 aromatic heterocycles. The van der Waals surface area contributed by atoms with Gasteiger partial charge in [-0.2, -0.15) is 13.2 Å². The van der Waals surface area contributed by atoms with Crippen LogP contribution in [0.15, 0.2) is 24.3 Å². The average Bonchev–Trinajstić information content (AvgIpc) is 2.37. The van der Waals surface area contributed by atoms with Gasteiger partial charge in [0.2, 0.25) is 0 Å². The smallest absolute Gasteiger partial charge is 0.324 e. The zero-order chi connectivity index (χ0) is 15.2. The van der Waals surface area contributed by atoms with Crippen LogP contribution in [-0.2, 0) is 6.18 Å². The number of benzene rings is 1. The van der Waals surface area contributed by atoms with Gasteiger partial charge < -0.3 is 10.6 Å². The maximum Gasteiger partial charge on any atom is 0.418 e. The number of nitrogens with one attached hydrogen (secondary N) is 2.